The van der Waals surface area contributed by atoms with Crippen molar-refractivity contribution in [2.75, 3.05) is 0 Å². The monoisotopic (exact) mass is 592 g/mol. The Balaban J connectivity index is 1.28. The van der Waals surface area contributed by atoms with Gasteiger partial charge in [0, 0.05) is 26.5 Å². The summed E-state index contributed by atoms with van der Waals surface area (Å²) < 4.78 is 19.5. The number of furan rings is 1. The van der Waals surface area contributed by atoms with Gasteiger partial charge in [0.1, 0.15) is 23.0 Å². The molecular formula is C27H18Br2N2O4. The number of esters is 1. The minimum absolute atomic E-state index is 0.0104. The smallest absolute Gasteiger partial charge is 0.343 e. The highest BCUT2D eigenvalue weighted by Gasteiger charge is 2.41. The maximum atomic E-state index is 12.5. The fraction of sp³-hybridized carbons (Fsp3) is 0.111. The Kier molecular flexibility index (Phi) is 5.70. The van der Waals surface area contributed by atoms with Crippen LogP contribution < -0.4 is 9.47 Å². The van der Waals surface area contributed by atoms with Crippen molar-refractivity contribution in [3.8, 4) is 11.5 Å². The molecule has 2 aliphatic heterocycles. The van der Waals surface area contributed by atoms with Gasteiger partial charge in [-0.15, -0.1) is 0 Å². The molecule has 0 unspecified atom stereocenters. The van der Waals surface area contributed by atoms with Gasteiger partial charge in [-0.3, -0.25) is 0 Å². The molecule has 2 aliphatic rings. The zero-order chi connectivity index (χ0) is 23.9. The van der Waals surface area contributed by atoms with Crippen molar-refractivity contribution in [1.29, 1.82) is 0 Å². The van der Waals surface area contributed by atoms with Gasteiger partial charge in [-0.1, -0.05) is 31.9 Å². The van der Waals surface area contributed by atoms with E-state index in [0.29, 0.717) is 17.7 Å². The molecular weight excluding hydrogens is 576 g/mol. The zero-order valence-electron chi connectivity index (χ0n) is 18.2. The second kappa shape index (κ2) is 9.02. The molecule has 0 spiro atoms. The Morgan fingerprint density at radius 3 is 2.49 bits per heavy atom. The van der Waals surface area contributed by atoms with Crippen LogP contribution in [0.4, 0.5) is 0 Å². The third-order valence-corrected chi connectivity index (χ3v) is 7.04. The number of ether oxygens (including phenoxy) is 2. The molecule has 0 N–H and O–H groups in total. The van der Waals surface area contributed by atoms with Gasteiger partial charge in [0.15, 0.2) is 0 Å². The molecule has 0 bridgehead atoms. The van der Waals surface area contributed by atoms with E-state index in [1.807, 2.05) is 41.4 Å². The summed E-state index contributed by atoms with van der Waals surface area (Å²) in [4.78, 5) is 12.5. The number of halogens is 2. The zero-order valence-corrected chi connectivity index (χ0v) is 21.4. The van der Waals surface area contributed by atoms with Gasteiger partial charge in [0.2, 0.25) is 6.23 Å². The van der Waals surface area contributed by atoms with Crippen LogP contribution in [-0.2, 0) is 0 Å². The van der Waals surface area contributed by atoms with Crippen LogP contribution in [0.1, 0.15) is 45.9 Å². The van der Waals surface area contributed by atoms with E-state index >= 15 is 0 Å². The van der Waals surface area contributed by atoms with Crippen LogP contribution in [-0.4, -0.2) is 16.7 Å². The number of fused-ring (bicyclic) bond motifs is 3. The van der Waals surface area contributed by atoms with Gasteiger partial charge in [-0.05, 0) is 78.9 Å². The van der Waals surface area contributed by atoms with Crippen LogP contribution in [0.25, 0.3) is 0 Å². The van der Waals surface area contributed by atoms with E-state index in [9.17, 15) is 4.79 Å². The number of rotatable bonds is 4. The highest BCUT2D eigenvalue weighted by atomic mass is 79.9. The van der Waals surface area contributed by atoms with Crippen LogP contribution in [0.15, 0.2) is 104 Å². The van der Waals surface area contributed by atoms with Crippen molar-refractivity contribution in [3.63, 3.8) is 0 Å². The number of benzene rings is 3. The van der Waals surface area contributed by atoms with Crippen molar-refractivity contribution in [2.24, 2.45) is 5.10 Å². The van der Waals surface area contributed by atoms with Crippen LogP contribution >= 0.6 is 31.9 Å². The molecule has 6 rings (SSSR count). The maximum absolute atomic E-state index is 12.5. The summed E-state index contributed by atoms with van der Waals surface area (Å²) in [6, 6.07) is 24.2. The Hall–Kier alpha value is -3.36. The molecule has 0 saturated carbocycles. The SMILES string of the molecule is O=C(Oc1ccc([C@@H]2Oc3ccc(Br)cc3[C@@H]3CC(c4ccco4)=NN32)cc1)c1ccc(Br)cc1. The first-order chi connectivity index (χ1) is 17.0. The van der Waals surface area contributed by atoms with Gasteiger partial charge in [0.05, 0.1) is 17.9 Å². The molecule has 0 amide bonds. The predicted octanol–water partition coefficient (Wildman–Crippen LogP) is 7.27. The molecule has 8 heteroatoms. The first-order valence-corrected chi connectivity index (χ1v) is 12.6. The van der Waals surface area contributed by atoms with E-state index in [-0.39, 0.29) is 6.04 Å². The fourth-order valence-electron chi connectivity index (χ4n) is 4.32. The number of hydrogen-bond donors (Lipinski definition) is 0. The maximum Gasteiger partial charge on any atom is 0.343 e. The summed E-state index contributed by atoms with van der Waals surface area (Å²) in [6.45, 7) is 0. The second-order valence-corrected chi connectivity index (χ2v) is 10.1. The third kappa shape index (κ3) is 4.28. The van der Waals surface area contributed by atoms with E-state index in [2.05, 4.69) is 37.9 Å². The molecule has 174 valence electrons. The van der Waals surface area contributed by atoms with E-state index in [0.717, 1.165) is 37.3 Å². The van der Waals surface area contributed by atoms with Crippen molar-refractivity contribution < 1.29 is 18.7 Å². The topological polar surface area (TPSA) is 64.3 Å². The Morgan fingerprint density at radius 2 is 1.74 bits per heavy atom. The highest BCUT2D eigenvalue weighted by molar-refractivity contribution is 9.10. The minimum Gasteiger partial charge on any atom is -0.464 e. The first-order valence-electron chi connectivity index (χ1n) is 11.0. The van der Waals surface area contributed by atoms with E-state index in [1.165, 1.54) is 0 Å². The molecule has 0 radical (unpaired) electrons. The quantitative estimate of drug-likeness (QED) is 0.184. The number of hydrazone groups is 1. The predicted molar refractivity (Wildman–Crippen MR) is 137 cm³/mol. The van der Waals surface area contributed by atoms with E-state index in [1.54, 1.807) is 42.7 Å². The average Bonchev–Trinajstić information content (AvgIpc) is 3.55. The van der Waals surface area contributed by atoms with Crippen LogP contribution in [0.5, 0.6) is 11.5 Å². The fourth-order valence-corrected chi connectivity index (χ4v) is 4.97. The van der Waals surface area contributed by atoms with E-state index in [4.69, 9.17) is 19.0 Å². The van der Waals surface area contributed by atoms with Crippen molar-refractivity contribution in [1.82, 2.24) is 5.01 Å². The normalized spacial score (nSPS) is 18.3. The average molecular weight is 594 g/mol. The van der Waals surface area contributed by atoms with Crippen LogP contribution in [0, 0.1) is 0 Å². The summed E-state index contributed by atoms with van der Waals surface area (Å²) >= 11 is 6.95. The van der Waals surface area contributed by atoms with Gasteiger partial charge >= 0.3 is 5.97 Å². The van der Waals surface area contributed by atoms with Crippen molar-refractivity contribution in [3.05, 3.63) is 117 Å². The molecule has 6 nitrogen and oxygen atoms in total. The molecule has 35 heavy (non-hydrogen) atoms. The number of carbonyl (C=O) groups excluding carboxylic acids is 1. The molecule has 4 aromatic rings. The lowest BCUT2D eigenvalue weighted by molar-refractivity contribution is -0.0191. The van der Waals surface area contributed by atoms with Gasteiger partial charge < -0.3 is 13.9 Å². The summed E-state index contributed by atoms with van der Waals surface area (Å²) in [7, 11) is 0. The summed E-state index contributed by atoms with van der Waals surface area (Å²) in [5.41, 5.74) is 3.33. The number of hydrogen-bond acceptors (Lipinski definition) is 6. The minimum atomic E-state index is -0.433. The van der Waals surface area contributed by atoms with Gasteiger partial charge in [-0.25, -0.2) is 9.80 Å². The Morgan fingerprint density at radius 1 is 0.971 bits per heavy atom. The molecule has 0 aliphatic carbocycles. The lowest BCUT2D eigenvalue weighted by Crippen LogP contribution is -2.33. The number of nitrogens with zero attached hydrogens (tertiary/aromatic N) is 2. The second-order valence-electron chi connectivity index (χ2n) is 8.24. The molecule has 2 atom stereocenters. The standard InChI is InChI=1S/C27H18Br2N2O4/c28-18-7-3-17(4-8-18)27(32)34-20-10-5-16(6-11-20)26-31-23(15-22(30-31)25-2-1-13-33-25)21-14-19(29)9-12-24(21)35-26/h1-14,23,26H,15H2/t23-,26-/m0/s1. The Labute approximate surface area is 218 Å². The molecule has 0 fully saturated rings. The first kappa shape index (κ1) is 22.1. The van der Waals surface area contributed by atoms with Crippen LogP contribution in [0.2, 0.25) is 0 Å². The molecule has 1 aromatic heterocycles. The summed E-state index contributed by atoms with van der Waals surface area (Å²) in [5.74, 6) is 1.62. The summed E-state index contributed by atoms with van der Waals surface area (Å²) in [5, 5.41) is 6.86. The van der Waals surface area contributed by atoms with Crippen molar-refractivity contribution in [2.45, 2.75) is 18.7 Å². The van der Waals surface area contributed by atoms with Gasteiger partial charge in [0.25, 0.3) is 0 Å². The van der Waals surface area contributed by atoms with Crippen LogP contribution in [0.3, 0.4) is 0 Å². The molecule has 0 saturated heterocycles. The molecule has 3 heterocycles. The van der Waals surface area contributed by atoms with Gasteiger partial charge in [-0.2, -0.15) is 5.10 Å². The van der Waals surface area contributed by atoms with Crippen molar-refractivity contribution >= 4 is 43.5 Å². The lowest BCUT2D eigenvalue weighted by Gasteiger charge is -2.38. The lowest BCUT2D eigenvalue weighted by atomic mass is 9.97. The highest BCUT2D eigenvalue weighted by Crippen LogP contribution is 2.48. The third-order valence-electron chi connectivity index (χ3n) is 6.01. The number of carbonyl (C=O) groups is 1. The summed E-state index contributed by atoms with van der Waals surface area (Å²) in [6.07, 6.45) is 1.93. The largest absolute Gasteiger partial charge is 0.464 e. The Bertz CT molecular complexity index is 1420. The van der Waals surface area contributed by atoms with E-state index < -0.39 is 12.2 Å². The molecule has 3 aromatic carbocycles.